The highest BCUT2D eigenvalue weighted by Crippen LogP contribution is 2.65. The number of hydrogen-bond donors (Lipinski definition) is 0. The van der Waals surface area contributed by atoms with E-state index in [4.69, 9.17) is 0 Å². The molecule has 0 spiro atoms. The van der Waals surface area contributed by atoms with Crippen molar-refractivity contribution in [1.29, 1.82) is 0 Å². The van der Waals surface area contributed by atoms with E-state index in [0.717, 1.165) is 0 Å². The second-order valence-corrected chi connectivity index (χ2v) is 17.0. The van der Waals surface area contributed by atoms with Crippen molar-refractivity contribution >= 4 is 51.0 Å². The van der Waals surface area contributed by atoms with Gasteiger partial charge in [0.1, 0.15) is 28.2 Å². The number of hydrogen-bond acceptors (Lipinski definition) is 0. The van der Waals surface area contributed by atoms with Gasteiger partial charge in [-0.1, -0.05) is 152 Å². The van der Waals surface area contributed by atoms with Crippen LogP contribution in [0, 0.1) is 0 Å². The van der Waals surface area contributed by atoms with Crippen LogP contribution in [0.25, 0.3) is 0 Å². The molecule has 0 aliphatic heterocycles. The van der Waals surface area contributed by atoms with Crippen LogP contribution in [0.5, 0.6) is 0 Å². The fourth-order valence-electron chi connectivity index (χ4n) is 6.10. The van der Waals surface area contributed by atoms with Crippen molar-refractivity contribution in [3.05, 3.63) is 195 Å². The Balaban J connectivity index is 0.00000353. The molecular weight excluding hydrogens is 610 g/mol. The molecule has 206 valence electrons. The summed E-state index contributed by atoms with van der Waals surface area (Å²) in [4.78, 5) is 0. The van der Waals surface area contributed by atoms with Crippen LogP contribution in [0.4, 0.5) is 0 Å². The van der Waals surface area contributed by atoms with E-state index in [0.29, 0.717) is 0 Å². The summed E-state index contributed by atoms with van der Waals surface area (Å²) in [6.45, 7) is 2.23. The lowest BCUT2D eigenvalue weighted by Crippen LogP contribution is -3.00. The zero-order valence-corrected chi connectivity index (χ0v) is 26.8. The predicted molar refractivity (Wildman–Crippen MR) is 185 cm³/mol. The highest BCUT2D eigenvalue weighted by atomic mass is 79.9. The summed E-state index contributed by atoms with van der Waals surface area (Å²) in [5, 5.41) is 9.40. The second kappa shape index (κ2) is 13.5. The van der Waals surface area contributed by atoms with Crippen molar-refractivity contribution in [2.75, 3.05) is 0 Å². The molecule has 0 nitrogen and oxygen atoms in total. The first-order valence-electron chi connectivity index (χ1n) is 13.9. The molecule has 0 aliphatic rings. The van der Waals surface area contributed by atoms with Gasteiger partial charge in [0.05, 0.1) is 0 Å². The van der Waals surface area contributed by atoms with E-state index in [9.17, 15) is 0 Å². The van der Waals surface area contributed by atoms with E-state index in [-0.39, 0.29) is 17.0 Å². The lowest BCUT2D eigenvalue weighted by Gasteiger charge is -2.37. The molecule has 0 aliphatic carbocycles. The second-order valence-electron chi connectivity index (χ2n) is 9.92. The van der Waals surface area contributed by atoms with Gasteiger partial charge in [0.25, 0.3) is 0 Å². The summed E-state index contributed by atoms with van der Waals surface area (Å²) in [6, 6.07) is 66.9. The van der Waals surface area contributed by atoms with Gasteiger partial charge in [-0.25, -0.2) is 0 Å². The molecule has 0 bridgehead atoms. The molecule has 0 saturated heterocycles. The van der Waals surface area contributed by atoms with E-state index in [1.165, 1.54) is 36.9 Å². The molecule has 6 rings (SSSR count). The Morgan fingerprint density at radius 2 is 0.643 bits per heavy atom. The molecule has 0 aromatic heterocycles. The Morgan fingerprint density at radius 1 is 0.405 bits per heavy atom. The topological polar surface area (TPSA) is 0 Å². The predicted octanol–water partition coefficient (Wildman–Crippen LogP) is 4.29. The molecule has 0 radical (unpaired) electrons. The molecule has 3 heteroatoms. The molecule has 0 N–H and O–H groups in total. The minimum Gasteiger partial charge on any atom is -1.00 e. The van der Waals surface area contributed by atoms with Crippen LogP contribution in [0.2, 0.25) is 0 Å². The van der Waals surface area contributed by atoms with Gasteiger partial charge in [-0.3, -0.25) is 0 Å². The number of benzene rings is 6. The van der Waals surface area contributed by atoms with Crippen LogP contribution in [-0.4, -0.2) is 5.03 Å². The van der Waals surface area contributed by atoms with Crippen molar-refractivity contribution in [3.8, 4) is 0 Å². The third-order valence-electron chi connectivity index (χ3n) is 7.73. The molecular formula is C39H33BrP2. The SMILES string of the molecule is C=CC(=P(c1ccccc1)(c1ccccc1)c1ccccc1)[P+](c1ccccc1)(c1ccccc1)c1ccccc1.[Br-]. The van der Waals surface area contributed by atoms with Crippen molar-refractivity contribution < 1.29 is 17.0 Å². The fraction of sp³-hybridized carbons (Fsp3) is 0. The monoisotopic (exact) mass is 642 g/mol. The summed E-state index contributed by atoms with van der Waals surface area (Å²) < 4.78 is 0. The van der Waals surface area contributed by atoms with Crippen molar-refractivity contribution in [3.63, 3.8) is 0 Å². The lowest BCUT2D eigenvalue weighted by atomic mass is 10.4. The minimum absolute atomic E-state index is 0. The van der Waals surface area contributed by atoms with Gasteiger partial charge in [-0.15, -0.1) is 0 Å². The van der Waals surface area contributed by atoms with Gasteiger partial charge in [-0.05, 0) is 58.4 Å². The van der Waals surface area contributed by atoms with Crippen LogP contribution in [-0.2, 0) is 0 Å². The van der Waals surface area contributed by atoms with Crippen LogP contribution >= 0.6 is 14.1 Å². The molecule has 6 aromatic rings. The number of rotatable bonds is 8. The highest BCUT2D eigenvalue weighted by molar-refractivity contribution is 8.20. The summed E-state index contributed by atoms with van der Waals surface area (Å²) in [6.07, 6.45) is 2.22. The molecule has 0 fully saturated rings. The minimum atomic E-state index is -2.43. The van der Waals surface area contributed by atoms with Gasteiger partial charge < -0.3 is 17.0 Å². The van der Waals surface area contributed by atoms with Crippen LogP contribution in [0.1, 0.15) is 0 Å². The average Bonchev–Trinajstić information content (AvgIpc) is 3.07. The third-order valence-corrected chi connectivity index (χ3v) is 17.7. The largest absolute Gasteiger partial charge is 1.00 e. The van der Waals surface area contributed by atoms with Crippen LogP contribution in [0.15, 0.2) is 195 Å². The summed E-state index contributed by atoms with van der Waals surface area (Å²) in [5.74, 6) is 0. The van der Waals surface area contributed by atoms with Crippen molar-refractivity contribution in [1.82, 2.24) is 0 Å². The maximum absolute atomic E-state index is 4.66. The van der Waals surface area contributed by atoms with Crippen molar-refractivity contribution in [2.45, 2.75) is 0 Å². The quantitative estimate of drug-likeness (QED) is 0.217. The smallest absolute Gasteiger partial charge is 0.145 e. The first-order valence-corrected chi connectivity index (χ1v) is 17.5. The maximum atomic E-state index is 4.66. The van der Waals surface area contributed by atoms with E-state index < -0.39 is 14.1 Å². The van der Waals surface area contributed by atoms with Crippen LogP contribution < -0.4 is 48.8 Å². The summed E-state index contributed by atoms with van der Waals surface area (Å²) >= 11 is 0. The van der Waals surface area contributed by atoms with E-state index >= 15 is 0 Å². The van der Waals surface area contributed by atoms with E-state index in [1.54, 1.807) is 0 Å². The fourth-order valence-corrected chi connectivity index (χ4v) is 17.6. The van der Waals surface area contributed by atoms with Gasteiger partial charge in [0.15, 0.2) is 0 Å². The Kier molecular flexibility index (Phi) is 9.56. The molecule has 6 aromatic carbocycles. The van der Waals surface area contributed by atoms with Gasteiger partial charge in [0, 0.05) is 6.89 Å². The third kappa shape index (κ3) is 5.08. The Morgan fingerprint density at radius 3 is 0.881 bits per heavy atom. The first-order chi connectivity index (χ1) is 20.3. The molecule has 0 unspecified atom stereocenters. The zero-order chi connectivity index (χ0) is 28.0. The lowest BCUT2D eigenvalue weighted by molar-refractivity contribution is -0.00000768. The molecule has 0 saturated carbocycles. The Bertz CT molecular complexity index is 1570. The van der Waals surface area contributed by atoms with Crippen LogP contribution in [0.3, 0.4) is 0 Å². The number of allylic oxidation sites excluding steroid dienone is 1. The standard InChI is InChI=1S/C39H33P2.BrH/c1-2-39(40(33-21-9-3-10-22-33,34-23-11-4-12-24-34)35-25-13-5-14-26-35)41(36-27-15-6-16-28-36,37-29-17-7-18-30-37)38-31-19-8-20-32-38;/h2-32H,1H2;1H/q+1;/p-1. The van der Waals surface area contributed by atoms with E-state index in [1.807, 2.05) is 0 Å². The Hall–Kier alpha value is -3.73. The summed E-state index contributed by atoms with van der Waals surface area (Å²) in [5.41, 5.74) is 0. The summed E-state index contributed by atoms with van der Waals surface area (Å²) in [7, 11) is -2.43. The molecule has 0 amide bonds. The highest BCUT2D eigenvalue weighted by Gasteiger charge is 2.53. The van der Waals surface area contributed by atoms with E-state index in [2.05, 4.69) is 195 Å². The first kappa shape index (κ1) is 29.8. The molecule has 0 atom stereocenters. The average molecular weight is 644 g/mol. The van der Waals surface area contributed by atoms with Gasteiger partial charge in [0.2, 0.25) is 0 Å². The zero-order valence-electron chi connectivity index (χ0n) is 23.4. The molecule has 42 heavy (non-hydrogen) atoms. The number of halogens is 1. The molecule has 0 heterocycles. The van der Waals surface area contributed by atoms with Crippen molar-refractivity contribution in [2.24, 2.45) is 0 Å². The van der Waals surface area contributed by atoms with Gasteiger partial charge >= 0.3 is 0 Å². The van der Waals surface area contributed by atoms with Gasteiger partial charge in [-0.2, -0.15) is 0 Å². The Labute approximate surface area is 261 Å². The maximum Gasteiger partial charge on any atom is 0.145 e. The normalized spacial score (nSPS) is 11.2.